The Kier molecular flexibility index (Phi) is 5.49. The number of benzene rings is 2. The van der Waals surface area contributed by atoms with Crippen LogP contribution in [0.5, 0.6) is 5.75 Å². The number of carbonyl (C=O) groups is 1. The summed E-state index contributed by atoms with van der Waals surface area (Å²) in [6.07, 6.45) is 6.38. The summed E-state index contributed by atoms with van der Waals surface area (Å²) in [5.74, 6) is 1.60. The van der Waals surface area contributed by atoms with Crippen molar-refractivity contribution < 1.29 is 13.9 Å². The Labute approximate surface area is 154 Å². The molecule has 4 nitrogen and oxygen atoms in total. The Balaban J connectivity index is 1.90. The van der Waals surface area contributed by atoms with Crippen molar-refractivity contribution in [1.29, 1.82) is 0 Å². The zero-order valence-corrected chi connectivity index (χ0v) is 15.1. The summed E-state index contributed by atoms with van der Waals surface area (Å²) in [4.78, 5) is 16.8. The van der Waals surface area contributed by atoms with E-state index in [0.717, 1.165) is 16.6 Å². The van der Waals surface area contributed by atoms with Gasteiger partial charge in [0.05, 0.1) is 16.8 Å². The third-order valence-electron chi connectivity index (χ3n) is 3.81. The van der Waals surface area contributed by atoms with E-state index < -0.39 is 11.7 Å². The number of aromatic nitrogens is 1. The first-order valence-electron chi connectivity index (χ1n) is 8.13. The van der Waals surface area contributed by atoms with Crippen LogP contribution in [0.25, 0.3) is 10.2 Å². The molecule has 6 heteroatoms. The Morgan fingerprint density at radius 1 is 1.35 bits per heavy atom. The van der Waals surface area contributed by atoms with Crippen LogP contribution >= 0.6 is 11.3 Å². The molecule has 0 bridgehead atoms. The van der Waals surface area contributed by atoms with Gasteiger partial charge in [-0.15, -0.1) is 6.42 Å². The number of amides is 1. The van der Waals surface area contributed by atoms with E-state index in [0.29, 0.717) is 11.3 Å². The summed E-state index contributed by atoms with van der Waals surface area (Å²) < 4.78 is 21.6. The highest BCUT2D eigenvalue weighted by atomic mass is 32.1. The van der Waals surface area contributed by atoms with Crippen molar-refractivity contribution in [2.45, 2.75) is 19.9 Å². The number of rotatable bonds is 5. The molecular weight excluding hydrogens is 351 g/mol. The minimum absolute atomic E-state index is 0.0245. The van der Waals surface area contributed by atoms with Gasteiger partial charge in [-0.2, -0.15) is 4.99 Å². The summed E-state index contributed by atoms with van der Waals surface area (Å²) >= 11 is 1.40. The second-order valence-electron chi connectivity index (χ2n) is 5.56. The summed E-state index contributed by atoms with van der Waals surface area (Å²) in [6.45, 7) is 2.05. The van der Waals surface area contributed by atoms with Gasteiger partial charge in [-0.25, -0.2) is 4.39 Å². The van der Waals surface area contributed by atoms with Crippen molar-refractivity contribution in [3.05, 3.63) is 58.6 Å². The quantitative estimate of drug-likeness (QED) is 0.647. The van der Waals surface area contributed by atoms with E-state index in [4.69, 9.17) is 11.2 Å². The van der Waals surface area contributed by atoms with E-state index in [2.05, 4.69) is 23.9 Å². The van der Waals surface area contributed by atoms with Crippen molar-refractivity contribution in [3.63, 3.8) is 0 Å². The van der Waals surface area contributed by atoms with E-state index in [-0.39, 0.29) is 12.4 Å². The predicted octanol–water partition coefficient (Wildman–Crippen LogP) is 3.54. The number of hydrogen-bond acceptors (Lipinski definition) is 3. The van der Waals surface area contributed by atoms with Gasteiger partial charge in [0.1, 0.15) is 0 Å². The largest absolute Gasteiger partial charge is 0.481 e. The Bertz CT molecular complexity index is 1060. The molecule has 26 heavy (non-hydrogen) atoms. The summed E-state index contributed by atoms with van der Waals surface area (Å²) in [5.41, 5.74) is 2.14. The van der Waals surface area contributed by atoms with Crippen molar-refractivity contribution in [3.8, 4) is 18.1 Å². The van der Waals surface area contributed by atoms with Crippen LogP contribution < -0.4 is 9.54 Å². The average molecular weight is 368 g/mol. The summed E-state index contributed by atoms with van der Waals surface area (Å²) in [6, 6.07) is 12.0. The Morgan fingerprint density at radius 3 is 2.88 bits per heavy atom. The number of terminal acetylenes is 1. The molecule has 0 saturated heterocycles. The number of ether oxygens (including phenoxy) is 1. The lowest BCUT2D eigenvalue weighted by Crippen LogP contribution is -2.19. The van der Waals surface area contributed by atoms with Crippen molar-refractivity contribution in [1.82, 2.24) is 4.57 Å². The number of thiazole rings is 1. The number of carbonyl (C=O) groups excluding carboxylic acids is 1. The van der Waals surface area contributed by atoms with E-state index >= 15 is 0 Å². The van der Waals surface area contributed by atoms with Crippen LogP contribution in [0.4, 0.5) is 4.39 Å². The van der Waals surface area contributed by atoms with Gasteiger partial charge in [-0.05, 0) is 36.2 Å². The normalized spacial score (nSPS) is 11.5. The van der Waals surface area contributed by atoms with Gasteiger partial charge in [-0.3, -0.25) is 4.79 Å². The summed E-state index contributed by atoms with van der Waals surface area (Å²) in [7, 11) is 0. The molecular formula is C20H17FN2O2S. The first-order chi connectivity index (χ1) is 12.6. The minimum Gasteiger partial charge on any atom is -0.481 e. The van der Waals surface area contributed by atoms with Crippen LogP contribution in [0, 0.1) is 18.2 Å². The van der Waals surface area contributed by atoms with Crippen LogP contribution in [0.3, 0.4) is 0 Å². The molecule has 1 heterocycles. The second-order valence-corrected chi connectivity index (χ2v) is 6.56. The SMILES string of the molecule is C#CCn1c(=NC(=O)COc2ccccc2F)sc2cc(CC)ccc21. The van der Waals surface area contributed by atoms with Crippen LogP contribution in [0.15, 0.2) is 47.5 Å². The first-order valence-corrected chi connectivity index (χ1v) is 8.94. The average Bonchev–Trinajstić information content (AvgIpc) is 2.97. The maximum absolute atomic E-state index is 13.6. The molecule has 0 saturated carbocycles. The third kappa shape index (κ3) is 3.84. The minimum atomic E-state index is -0.517. The lowest BCUT2D eigenvalue weighted by molar-refractivity contribution is -0.120. The number of hydrogen-bond donors (Lipinski definition) is 0. The number of para-hydroxylation sites is 1. The van der Waals surface area contributed by atoms with Crippen molar-refractivity contribution in [2.75, 3.05) is 6.61 Å². The topological polar surface area (TPSA) is 43.6 Å². The Hall–Kier alpha value is -2.91. The third-order valence-corrected chi connectivity index (χ3v) is 4.85. The zero-order chi connectivity index (χ0) is 18.5. The maximum Gasteiger partial charge on any atom is 0.286 e. The van der Waals surface area contributed by atoms with Gasteiger partial charge in [0.2, 0.25) is 0 Å². The van der Waals surface area contributed by atoms with Gasteiger partial charge in [0.25, 0.3) is 5.91 Å². The predicted molar refractivity (Wildman–Crippen MR) is 100 cm³/mol. The van der Waals surface area contributed by atoms with Crippen LogP contribution in [0.2, 0.25) is 0 Å². The first kappa shape index (κ1) is 17.9. The van der Waals surface area contributed by atoms with Crippen molar-refractivity contribution >= 4 is 27.5 Å². The molecule has 0 aliphatic carbocycles. The number of aryl methyl sites for hydroxylation is 1. The van der Waals surface area contributed by atoms with E-state index in [1.54, 1.807) is 12.1 Å². The number of nitrogens with zero attached hydrogens (tertiary/aromatic N) is 2. The fourth-order valence-corrected chi connectivity index (χ4v) is 3.62. The molecule has 0 radical (unpaired) electrons. The smallest absolute Gasteiger partial charge is 0.286 e. The van der Waals surface area contributed by atoms with Gasteiger partial charge in [0, 0.05) is 0 Å². The molecule has 0 aliphatic rings. The molecule has 3 aromatic rings. The molecule has 0 unspecified atom stereocenters. The van der Waals surface area contributed by atoms with Gasteiger partial charge in [0.15, 0.2) is 23.0 Å². The van der Waals surface area contributed by atoms with Gasteiger partial charge in [-0.1, -0.05) is 42.4 Å². The fraction of sp³-hybridized carbons (Fsp3) is 0.200. The van der Waals surface area contributed by atoms with E-state index in [9.17, 15) is 9.18 Å². The highest BCUT2D eigenvalue weighted by Gasteiger charge is 2.09. The monoisotopic (exact) mass is 368 g/mol. The summed E-state index contributed by atoms with van der Waals surface area (Å²) in [5, 5.41) is 0. The Morgan fingerprint density at radius 2 is 2.15 bits per heavy atom. The zero-order valence-electron chi connectivity index (χ0n) is 14.2. The van der Waals surface area contributed by atoms with Gasteiger partial charge < -0.3 is 9.30 Å². The highest BCUT2D eigenvalue weighted by molar-refractivity contribution is 7.16. The van der Waals surface area contributed by atoms with E-state index in [1.807, 2.05) is 16.7 Å². The van der Waals surface area contributed by atoms with Gasteiger partial charge >= 0.3 is 0 Å². The molecule has 132 valence electrons. The number of fused-ring (bicyclic) bond motifs is 1. The number of halogens is 1. The van der Waals surface area contributed by atoms with Crippen molar-refractivity contribution in [2.24, 2.45) is 4.99 Å². The standard InChI is InChI=1S/C20H17FN2O2S/c1-3-11-23-16-10-9-14(4-2)12-18(16)26-20(23)22-19(24)13-25-17-8-6-5-7-15(17)21/h1,5-10,12H,4,11,13H2,2H3. The maximum atomic E-state index is 13.6. The molecule has 3 rings (SSSR count). The molecule has 0 spiro atoms. The molecule has 1 aromatic heterocycles. The lowest BCUT2D eigenvalue weighted by Gasteiger charge is -2.04. The van der Waals surface area contributed by atoms with Crippen LogP contribution in [-0.2, 0) is 17.8 Å². The molecule has 2 aromatic carbocycles. The lowest BCUT2D eigenvalue weighted by atomic mass is 10.2. The molecule has 1 amide bonds. The van der Waals surface area contributed by atoms with Crippen LogP contribution in [0.1, 0.15) is 12.5 Å². The molecule has 0 fully saturated rings. The molecule has 0 N–H and O–H groups in total. The molecule has 0 atom stereocenters. The molecule has 0 aliphatic heterocycles. The van der Waals surface area contributed by atoms with E-state index in [1.165, 1.54) is 29.0 Å². The second kappa shape index (κ2) is 7.98. The van der Waals surface area contributed by atoms with Crippen LogP contribution in [-0.4, -0.2) is 17.1 Å². The highest BCUT2D eigenvalue weighted by Crippen LogP contribution is 2.20. The fourth-order valence-electron chi connectivity index (χ4n) is 2.51.